The molecular formula is C29H43N3O. The molecule has 2 aromatic rings. The maximum absolute atomic E-state index is 13.6. The number of carbonyl (C=O) groups is 1. The number of Topliss-reactive ketones (excluding diaryl/α,β-unsaturated/α-hetero) is 1. The molecule has 4 fully saturated rings. The topological polar surface area (TPSA) is 47.8 Å². The van der Waals surface area contributed by atoms with E-state index in [1.807, 2.05) is 16.9 Å². The summed E-state index contributed by atoms with van der Waals surface area (Å²) in [6, 6.07) is 1.97. The summed E-state index contributed by atoms with van der Waals surface area (Å²) in [4.78, 5) is 17.7. The van der Waals surface area contributed by atoms with E-state index in [0.29, 0.717) is 17.7 Å². The number of nitrogens with zero attached hydrogens (tertiary/aromatic N) is 3. The summed E-state index contributed by atoms with van der Waals surface area (Å²) < 4.78 is 1.85. The van der Waals surface area contributed by atoms with E-state index in [1.54, 1.807) is 12.4 Å². The molecule has 4 heteroatoms. The van der Waals surface area contributed by atoms with Gasteiger partial charge in [0.2, 0.25) is 0 Å². The second-order valence-electron chi connectivity index (χ2n) is 12.4. The zero-order valence-corrected chi connectivity index (χ0v) is 20.1. The number of rotatable bonds is 3. The van der Waals surface area contributed by atoms with Crippen LogP contribution in [0.4, 0.5) is 0 Å². The minimum atomic E-state index is 0. The first-order valence-corrected chi connectivity index (χ1v) is 13.2. The van der Waals surface area contributed by atoms with Crippen LogP contribution in [0.2, 0.25) is 0 Å². The molecule has 8 atom stereocenters. The quantitative estimate of drug-likeness (QED) is 0.510. The van der Waals surface area contributed by atoms with E-state index in [0.717, 1.165) is 46.9 Å². The van der Waals surface area contributed by atoms with Gasteiger partial charge in [-0.2, -0.15) is 5.10 Å². The molecule has 0 saturated heterocycles. The van der Waals surface area contributed by atoms with Crippen LogP contribution in [0.25, 0.3) is 10.9 Å². The highest BCUT2D eigenvalue weighted by molar-refractivity contribution is 5.83. The Morgan fingerprint density at radius 1 is 1.06 bits per heavy atom. The third kappa shape index (κ3) is 3.49. The zero-order valence-electron chi connectivity index (χ0n) is 20.1. The Morgan fingerprint density at radius 3 is 2.67 bits per heavy atom. The normalized spacial score (nSPS) is 42.2. The Morgan fingerprint density at radius 2 is 1.85 bits per heavy atom. The number of hydrogen-bond acceptors (Lipinski definition) is 3. The van der Waals surface area contributed by atoms with E-state index < -0.39 is 0 Å². The van der Waals surface area contributed by atoms with Crippen molar-refractivity contribution in [2.45, 2.75) is 92.5 Å². The fourth-order valence-electron chi connectivity index (χ4n) is 9.27. The highest BCUT2D eigenvalue weighted by Gasteiger charge is 2.60. The van der Waals surface area contributed by atoms with Crippen molar-refractivity contribution >= 4 is 16.7 Å². The predicted molar refractivity (Wildman–Crippen MR) is 134 cm³/mol. The average Bonchev–Trinajstić information content (AvgIpc) is 3.34. The Hall–Kier alpha value is -1.71. The molecule has 33 heavy (non-hydrogen) atoms. The molecule has 4 saturated carbocycles. The maximum Gasteiger partial charge on any atom is 0.157 e. The maximum atomic E-state index is 13.6. The zero-order chi connectivity index (χ0) is 22.1. The van der Waals surface area contributed by atoms with Gasteiger partial charge in [0.25, 0.3) is 0 Å². The Bertz CT molecular complexity index is 996. The molecule has 180 valence electrons. The SMILES string of the molecule is C.CC1CCC2(C)C(CCC3C2CCC2(C)C3CC[C@@H]2C(=O)Cn2cc3ccncc3n2)C1. The van der Waals surface area contributed by atoms with E-state index in [4.69, 9.17) is 0 Å². The minimum absolute atomic E-state index is 0. The first-order valence-electron chi connectivity index (χ1n) is 13.2. The van der Waals surface area contributed by atoms with Gasteiger partial charge in [0.1, 0.15) is 5.52 Å². The number of carbonyl (C=O) groups excluding carboxylic acids is 1. The molecule has 0 N–H and O–H groups in total. The van der Waals surface area contributed by atoms with Gasteiger partial charge in [-0.25, -0.2) is 0 Å². The molecule has 0 radical (unpaired) electrons. The molecule has 7 unspecified atom stereocenters. The molecular weight excluding hydrogens is 406 g/mol. The van der Waals surface area contributed by atoms with E-state index in [2.05, 4.69) is 30.9 Å². The Kier molecular flexibility index (Phi) is 5.73. The molecule has 0 aromatic carbocycles. The number of aromatic nitrogens is 3. The Labute approximate surface area is 199 Å². The second kappa shape index (κ2) is 8.20. The van der Waals surface area contributed by atoms with Crippen LogP contribution in [-0.2, 0) is 11.3 Å². The number of ketones is 1. The highest BCUT2D eigenvalue weighted by Crippen LogP contribution is 2.67. The van der Waals surface area contributed by atoms with Crippen molar-refractivity contribution < 1.29 is 4.79 Å². The van der Waals surface area contributed by atoms with Gasteiger partial charge < -0.3 is 0 Å². The van der Waals surface area contributed by atoms with Gasteiger partial charge in [-0.05, 0) is 97.9 Å². The summed E-state index contributed by atoms with van der Waals surface area (Å²) in [6.07, 6.45) is 17.7. The van der Waals surface area contributed by atoms with Gasteiger partial charge in [-0.15, -0.1) is 0 Å². The molecule has 0 aliphatic heterocycles. The third-order valence-electron chi connectivity index (χ3n) is 11.0. The van der Waals surface area contributed by atoms with E-state index >= 15 is 0 Å². The summed E-state index contributed by atoms with van der Waals surface area (Å²) in [5.74, 6) is 4.95. The van der Waals surface area contributed by atoms with Crippen molar-refractivity contribution in [2.75, 3.05) is 0 Å². The predicted octanol–water partition coefficient (Wildman–Crippen LogP) is 6.93. The minimum Gasteiger partial charge on any atom is -0.297 e. The molecule has 0 spiro atoms. The van der Waals surface area contributed by atoms with Crippen molar-refractivity contribution in [3.8, 4) is 0 Å². The molecule has 4 aliphatic carbocycles. The van der Waals surface area contributed by atoms with Gasteiger partial charge in [-0.3, -0.25) is 14.5 Å². The van der Waals surface area contributed by atoms with Crippen LogP contribution in [0.15, 0.2) is 24.7 Å². The van der Waals surface area contributed by atoms with E-state index in [9.17, 15) is 4.79 Å². The molecule has 4 aliphatic rings. The lowest BCUT2D eigenvalue weighted by Crippen LogP contribution is -2.53. The van der Waals surface area contributed by atoms with Gasteiger partial charge in [0, 0.05) is 23.7 Å². The molecule has 6 rings (SSSR count). The Balaban J connectivity index is 0.00000228. The van der Waals surface area contributed by atoms with Crippen LogP contribution in [0.5, 0.6) is 0 Å². The monoisotopic (exact) mass is 449 g/mol. The first kappa shape index (κ1) is 23.1. The summed E-state index contributed by atoms with van der Waals surface area (Å²) in [5.41, 5.74) is 1.63. The van der Waals surface area contributed by atoms with Gasteiger partial charge >= 0.3 is 0 Å². The second-order valence-corrected chi connectivity index (χ2v) is 12.4. The van der Waals surface area contributed by atoms with Crippen LogP contribution >= 0.6 is 0 Å². The van der Waals surface area contributed by atoms with Crippen LogP contribution in [0.1, 0.15) is 86.0 Å². The summed E-state index contributed by atoms with van der Waals surface area (Å²) in [7, 11) is 0. The molecule has 0 amide bonds. The van der Waals surface area contributed by atoms with Crippen molar-refractivity contribution in [2.24, 2.45) is 46.3 Å². The summed E-state index contributed by atoms with van der Waals surface area (Å²) in [5, 5.41) is 5.68. The lowest BCUT2D eigenvalue weighted by atomic mass is 9.44. The largest absolute Gasteiger partial charge is 0.297 e. The first-order chi connectivity index (χ1) is 15.4. The summed E-state index contributed by atoms with van der Waals surface area (Å²) >= 11 is 0. The molecule has 4 nitrogen and oxygen atoms in total. The van der Waals surface area contributed by atoms with Crippen LogP contribution in [0.3, 0.4) is 0 Å². The van der Waals surface area contributed by atoms with Gasteiger partial charge in [0.05, 0.1) is 12.7 Å². The lowest BCUT2D eigenvalue weighted by molar-refractivity contribution is -0.137. The van der Waals surface area contributed by atoms with E-state index in [-0.39, 0.29) is 18.8 Å². The van der Waals surface area contributed by atoms with Crippen molar-refractivity contribution in [1.29, 1.82) is 0 Å². The lowest BCUT2D eigenvalue weighted by Gasteiger charge is -2.61. The standard InChI is InChI=1S/C28H39N3O.CH4/c1-18-8-11-27(2)20(14-18)4-5-21-22-6-7-24(28(22,3)12-9-23(21)27)26(32)17-31-16-19-10-13-29-15-25(19)30-31;/h10,13,15-16,18,20-24H,4-9,11-12,14,17H2,1-3H3;1H4/t18?,20?,21?,22?,23?,24-,27?,28?;/m1./s1. The smallest absolute Gasteiger partial charge is 0.157 e. The number of hydrogen-bond donors (Lipinski definition) is 0. The average molecular weight is 450 g/mol. The molecule has 2 aromatic heterocycles. The fourth-order valence-corrected chi connectivity index (χ4v) is 9.27. The molecule has 2 heterocycles. The van der Waals surface area contributed by atoms with Crippen molar-refractivity contribution in [1.82, 2.24) is 14.8 Å². The number of pyridine rings is 1. The van der Waals surface area contributed by atoms with Gasteiger partial charge in [-0.1, -0.05) is 34.6 Å². The highest BCUT2D eigenvalue weighted by atomic mass is 16.1. The summed E-state index contributed by atoms with van der Waals surface area (Å²) in [6.45, 7) is 8.01. The third-order valence-corrected chi connectivity index (χ3v) is 11.0. The van der Waals surface area contributed by atoms with Crippen LogP contribution < -0.4 is 0 Å². The molecule has 0 bridgehead atoms. The fraction of sp³-hybridized carbons (Fsp3) is 0.759. The van der Waals surface area contributed by atoms with Crippen LogP contribution in [-0.4, -0.2) is 20.5 Å². The van der Waals surface area contributed by atoms with E-state index in [1.165, 1.54) is 51.4 Å². The van der Waals surface area contributed by atoms with Crippen LogP contribution in [0, 0.1) is 46.3 Å². The number of fused-ring (bicyclic) bond motifs is 6. The van der Waals surface area contributed by atoms with Crippen molar-refractivity contribution in [3.63, 3.8) is 0 Å². The van der Waals surface area contributed by atoms with Gasteiger partial charge in [0.15, 0.2) is 5.78 Å². The van der Waals surface area contributed by atoms with Crippen molar-refractivity contribution in [3.05, 3.63) is 24.7 Å².